The van der Waals surface area contributed by atoms with E-state index in [2.05, 4.69) is 20.4 Å². The van der Waals surface area contributed by atoms with Crippen molar-refractivity contribution in [1.82, 2.24) is 25.2 Å². The number of nitrogens with two attached hydrogens (primary N) is 1. The topological polar surface area (TPSA) is 82.5 Å². The minimum absolute atomic E-state index is 0.0679. The molecule has 3 rings (SSSR count). The van der Waals surface area contributed by atoms with Gasteiger partial charge in [0.15, 0.2) is 0 Å². The van der Waals surface area contributed by atoms with Crippen LogP contribution in [0.5, 0.6) is 0 Å². The summed E-state index contributed by atoms with van der Waals surface area (Å²) in [6, 6.07) is 3.31. The molecule has 1 aromatic carbocycles. The Morgan fingerprint density at radius 3 is 2.54 bits per heavy atom. The van der Waals surface area contributed by atoms with Crippen LogP contribution in [0.25, 0.3) is 22.5 Å². The van der Waals surface area contributed by atoms with Crippen molar-refractivity contribution in [1.29, 1.82) is 0 Å². The smallest absolute Gasteiger partial charge is 0.208 e. The van der Waals surface area contributed by atoms with Crippen LogP contribution in [-0.4, -0.2) is 25.2 Å². The molecule has 0 saturated heterocycles. The molecule has 2 aromatic heterocycles. The lowest BCUT2D eigenvalue weighted by molar-refractivity contribution is 0.579. The molecule has 6 nitrogen and oxygen atoms in total. The molecule has 0 aliphatic carbocycles. The molecular formula is C15H13ClF2N6. The van der Waals surface area contributed by atoms with Crippen molar-refractivity contribution in [2.45, 2.75) is 13.0 Å². The lowest BCUT2D eigenvalue weighted by Crippen LogP contribution is -2.10. The van der Waals surface area contributed by atoms with Crippen molar-refractivity contribution in [2.75, 3.05) is 0 Å². The standard InChI is InChI=1S/C15H13ClF2N6/c1-7(19)14-12(18)3-8(6-20-14)10-4-9(16)5-11(17)13(10)15-21-23-24(2)22-15/h3-7H,19H2,1-2H3/t7-/m1/s1. The molecule has 0 fully saturated rings. The van der Waals surface area contributed by atoms with Crippen molar-refractivity contribution < 1.29 is 8.78 Å². The quantitative estimate of drug-likeness (QED) is 0.785. The molecule has 0 spiro atoms. The maximum absolute atomic E-state index is 14.5. The number of pyridine rings is 1. The van der Waals surface area contributed by atoms with E-state index in [1.54, 1.807) is 14.0 Å². The number of halogens is 3. The van der Waals surface area contributed by atoms with Gasteiger partial charge in [-0.2, -0.15) is 4.80 Å². The van der Waals surface area contributed by atoms with Crippen molar-refractivity contribution in [3.63, 3.8) is 0 Å². The van der Waals surface area contributed by atoms with Gasteiger partial charge in [0.1, 0.15) is 11.6 Å². The van der Waals surface area contributed by atoms with Gasteiger partial charge < -0.3 is 5.73 Å². The highest BCUT2D eigenvalue weighted by Gasteiger charge is 2.20. The molecule has 24 heavy (non-hydrogen) atoms. The number of rotatable bonds is 3. The van der Waals surface area contributed by atoms with Gasteiger partial charge in [-0.25, -0.2) is 8.78 Å². The van der Waals surface area contributed by atoms with Crippen LogP contribution in [0.15, 0.2) is 24.4 Å². The predicted octanol–water partition coefficient (Wildman–Crippen LogP) is 2.89. The minimum atomic E-state index is -0.637. The molecule has 0 saturated carbocycles. The minimum Gasteiger partial charge on any atom is -0.323 e. The first kappa shape index (κ1) is 16.4. The van der Waals surface area contributed by atoms with Crippen LogP contribution in [0.4, 0.5) is 8.78 Å². The van der Waals surface area contributed by atoms with Crippen molar-refractivity contribution in [3.05, 3.63) is 46.7 Å². The average Bonchev–Trinajstić information content (AvgIpc) is 2.92. The summed E-state index contributed by atoms with van der Waals surface area (Å²) < 4.78 is 28.7. The summed E-state index contributed by atoms with van der Waals surface area (Å²) in [7, 11) is 1.56. The summed E-state index contributed by atoms with van der Waals surface area (Å²) in [6.45, 7) is 1.62. The zero-order valence-electron chi connectivity index (χ0n) is 12.8. The number of nitrogens with zero attached hydrogens (tertiary/aromatic N) is 5. The molecule has 3 aromatic rings. The maximum atomic E-state index is 14.5. The first-order chi connectivity index (χ1) is 11.4. The van der Waals surface area contributed by atoms with Crippen molar-refractivity contribution in [3.8, 4) is 22.5 Å². The molecule has 0 bridgehead atoms. The summed E-state index contributed by atoms with van der Waals surface area (Å²) in [5, 5.41) is 11.7. The summed E-state index contributed by atoms with van der Waals surface area (Å²) in [5.74, 6) is -1.15. The summed E-state index contributed by atoms with van der Waals surface area (Å²) in [5.41, 5.74) is 6.51. The lowest BCUT2D eigenvalue weighted by Gasteiger charge is -2.11. The molecule has 2 N–H and O–H groups in total. The van der Waals surface area contributed by atoms with Crippen LogP contribution in [0.1, 0.15) is 18.7 Å². The molecule has 9 heteroatoms. The van der Waals surface area contributed by atoms with Gasteiger partial charge in [-0.15, -0.1) is 10.2 Å². The van der Waals surface area contributed by atoms with E-state index in [1.165, 1.54) is 23.1 Å². The van der Waals surface area contributed by atoms with Gasteiger partial charge in [0.2, 0.25) is 5.82 Å². The van der Waals surface area contributed by atoms with Crippen LogP contribution in [0, 0.1) is 11.6 Å². The first-order valence-corrected chi connectivity index (χ1v) is 7.39. The van der Waals surface area contributed by atoms with E-state index in [1.807, 2.05) is 0 Å². The number of hydrogen-bond acceptors (Lipinski definition) is 5. The molecular weight excluding hydrogens is 338 g/mol. The first-order valence-electron chi connectivity index (χ1n) is 7.01. The van der Waals surface area contributed by atoms with Gasteiger partial charge in [-0.3, -0.25) is 4.98 Å². The Bertz CT molecular complexity index is 909. The third-order valence-electron chi connectivity index (χ3n) is 3.40. The Hall–Kier alpha value is -2.45. The molecule has 0 unspecified atom stereocenters. The Morgan fingerprint density at radius 1 is 1.21 bits per heavy atom. The zero-order chi connectivity index (χ0) is 17.4. The Labute approximate surface area is 141 Å². The molecule has 2 heterocycles. The SMILES string of the molecule is C[C@@H](N)c1ncc(-c2cc(Cl)cc(F)c2-c2nnn(C)n2)cc1F. The Kier molecular flexibility index (Phi) is 4.25. The van der Waals surface area contributed by atoms with E-state index < -0.39 is 17.7 Å². The fraction of sp³-hybridized carbons (Fsp3) is 0.200. The molecule has 0 radical (unpaired) electrons. The third-order valence-corrected chi connectivity index (χ3v) is 3.62. The summed E-state index contributed by atoms with van der Waals surface area (Å²) in [4.78, 5) is 5.23. The van der Waals surface area contributed by atoms with E-state index in [4.69, 9.17) is 17.3 Å². The van der Waals surface area contributed by atoms with Crippen LogP contribution >= 0.6 is 11.6 Å². The maximum Gasteiger partial charge on any atom is 0.208 e. The molecule has 124 valence electrons. The number of hydrogen-bond donors (Lipinski definition) is 1. The summed E-state index contributed by atoms with van der Waals surface area (Å²) in [6.07, 6.45) is 1.41. The van der Waals surface area contributed by atoms with Crippen LogP contribution in [-0.2, 0) is 7.05 Å². The van der Waals surface area contributed by atoms with Crippen molar-refractivity contribution in [2.24, 2.45) is 12.8 Å². The van der Waals surface area contributed by atoms with Gasteiger partial charge in [0, 0.05) is 22.8 Å². The van der Waals surface area contributed by atoms with E-state index in [0.717, 1.165) is 6.07 Å². The second kappa shape index (κ2) is 6.21. The number of aromatic nitrogens is 5. The normalized spacial score (nSPS) is 12.4. The lowest BCUT2D eigenvalue weighted by atomic mass is 9.99. The van der Waals surface area contributed by atoms with Crippen LogP contribution < -0.4 is 5.73 Å². The van der Waals surface area contributed by atoms with E-state index in [9.17, 15) is 8.78 Å². The van der Waals surface area contributed by atoms with Gasteiger partial charge in [0.05, 0.1) is 18.3 Å². The molecule has 1 atom stereocenters. The Balaban J connectivity index is 2.22. The van der Waals surface area contributed by atoms with Crippen LogP contribution in [0.3, 0.4) is 0 Å². The average molecular weight is 351 g/mol. The van der Waals surface area contributed by atoms with Gasteiger partial charge in [-0.05, 0) is 35.9 Å². The summed E-state index contributed by atoms with van der Waals surface area (Å²) >= 11 is 5.95. The highest BCUT2D eigenvalue weighted by Crippen LogP contribution is 2.35. The van der Waals surface area contributed by atoms with Crippen LogP contribution in [0.2, 0.25) is 5.02 Å². The zero-order valence-corrected chi connectivity index (χ0v) is 13.6. The second-order valence-corrected chi connectivity index (χ2v) is 5.73. The Morgan fingerprint density at radius 2 is 1.96 bits per heavy atom. The van der Waals surface area contributed by atoms with E-state index >= 15 is 0 Å². The van der Waals surface area contributed by atoms with Gasteiger partial charge in [0.25, 0.3) is 0 Å². The van der Waals surface area contributed by atoms with E-state index in [0.29, 0.717) is 11.1 Å². The van der Waals surface area contributed by atoms with Gasteiger partial charge >= 0.3 is 0 Å². The monoisotopic (exact) mass is 350 g/mol. The van der Waals surface area contributed by atoms with Gasteiger partial charge in [-0.1, -0.05) is 11.6 Å². The fourth-order valence-electron chi connectivity index (χ4n) is 2.34. The van der Waals surface area contributed by atoms with Crippen molar-refractivity contribution >= 4 is 11.6 Å². The highest BCUT2D eigenvalue weighted by atomic mass is 35.5. The molecule has 0 amide bonds. The molecule has 0 aliphatic heterocycles. The third kappa shape index (κ3) is 2.98. The highest BCUT2D eigenvalue weighted by molar-refractivity contribution is 6.31. The second-order valence-electron chi connectivity index (χ2n) is 5.29. The fourth-order valence-corrected chi connectivity index (χ4v) is 2.55. The number of aryl methyl sites for hydroxylation is 1. The number of benzene rings is 1. The van der Waals surface area contributed by atoms with E-state index in [-0.39, 0.29) is 22.1 Å². The molecule has 0 aliphatic rings. The predicted molar refractivity (Wildman–Crippen MR) is 85.0 cm³/mol. The largest absolute Gasteiger partial charge is 0.323 e. The number of tetrazole rings is 1.